The maximum Gasteiger partial charge on any atom is 0.275 e. The van der Waals surface area contributed by atoms with Crippen LogP contribution in [0.25, 0.3) is 4.96 Å². The van der Waals surface area contributed by atoms with Crippen molar-refractivity contribution in [3.8, 4) is 0 Å². The van der Waals surface area contributed by atoms with E-state index in [1.165, 1.54) is 28.1 Å². The van der Waals surface area contributed by atoms with E-state index in [1.807, 2.05) is 19.1 Å². The monoisotopic (exact) mass is 340 g/mol. The first-order chi connectivity index (χ1) is 10.1. The number of hydrogen-bond acceptors (Lipinski definition) is 5. The Labute approximate surface area is 134 Å². The largest absolute Gasteiger partial charge is 0.354 e. The number of rotatable bonds is 3. The molecular weight excluding hydrogens is 331 g/mol. The maximum absolute atomic E-state index is 11.6. The first kappa shape index (κ1) is 14.3. The van der Waals surface area contributed by atoms with E-state index in [0.717, 1.165) is 5.56 Å². The molecule has 2 heterocycles. The van der Waals surface area contributed by atoms with Gasteiger partial charge in [-0.1, -0.05) is 46.7 Å². The van der Waals surface area contributed by atoms with Crippen LogP contribution in [0.5, 0.6) is 0 Å². The summed E-state index contributed by atoms with van der Waals surface area (Å²) in [4.78, 5) is 16.3. The number of halogens is 2. The Kier molecular flexibility index (Phi) is 3.84. The van der Waals surface area contributed by atoms with Crippen molar-refractivity contribution in [1.82, 2.24) is 14.6 Å². The molecule has 0 saturated carbocycles. The molecule has 0 bridgehead atoms. The van der Waals surface area contributed by atoms with Crippen molar-refractivity contribution in [2.75, 3.05) is 5.32 Å². The van der Waals surface area contributed by atoms with Gasteiger partial charge in [-0.3, -0.25) is 4.79 Å². The molecule has 1 atom stereocenters. The Morgan fingerprint density at radius 2 is 2.14 bits per heavy atom. The molecule has 3 rings (SSSR count). The van der Waals surface area contributed by atoms with Crippen molar-refractivity contribution < 1.29 is 0 Å². The van der Waals surface area contributed by atoms with Crippen LogP contribution in [0, 0.1) is 0 Å². The highest BCUT2D eigenvalue weighted by atomic mass is 35.5. The lowest BCUT2D eigenvalue weighted by Crippen LogP contribution is -2.13. The van der Waals surface area contributed by atoms with Gasteiger partial charge in [-0.05, 0) is 18.6 Å². The lowest BCUT2D eigenvalue weighted by Gasteiger charge is -2.15. The van der Waals surface area contributed by atoms with Crippen LogP contribution in [0.3, 0.4) is 0 Å². The third-order valence-corrected chi connectivity index (χ3v) is 4.65. The Morgan fingerprint density at radius 1 is 1.33 bits per heavy atom. The summed E-state index contributed by atoms with van der Waals surface area (Å²) in [6.45, 7) is 1.94. The highest BCUT2D eigenvalue weighted by Gasteiger charge is 2.14. The third kappa shape index (κ3) is 2.74. The van der Waals surface area contributed by atoms with Crippen LogP contribution >= 0.6 is 34.5 Å². The van der Waals surface area contributed by atoms with Gasteiger partial charge in [0.2, 0.25) is 10.1 Å². The summed E-state index contributed by atoms with van der Waals surface area (Å²) < 4.78 is 1.26. The molecule has 0 radical (unpaired) electrons. The van der Waals surface area contributed by atoms with E-state index in [2.05, 4.69) is 15.4 Å². The Bertz CT molecular complexity index is 861. The molecule has 1 aromatic carbocycles. The van der Waals surface area contributed by atoms with Crippen LogP contribution in [0.2, 0.25) is 10.0 Å². The fraction of sp³-hybridized carbons (Fsp3) is 0.154. The second-order valence-electron chi connectivity index (χ2n) is 4.39. The van der Waals surface area contributed by atoms with Gasteiger partial charge in [0.15, 0.2) is 0 Å². The molecule has 2 aromatic heterocycles. The highest BCUT2D eigenvalue weighted by molar-refractivity contribution is 7.20. The zero-order chi connectivity index (χ0) is 15.0. The van der Waals surface area contributed by atoms with E-state index < -0.39 is 0 Å². The molecular formula is C13H10Cl2N4OS. The number of nitrogens with zero attached hydrogens (tertiary/aromatic N) is 3. The number of aromatic nitrogens is 3. The predicted molar refractivity (Wildman–Crippen MR) is 85.6 cm³/mol. The summed E-state index contributed by atoms with van der Waals surface area (Å²) in [5, 5.41) is 9.02. The lowest BCUT2D eigenvalue weighted by atomic mass is 10.1. The highest BCUT2D eigenvalue weighted by Crippen LogP contribution is 2.32. The van der Waals surface area contributed by atoms with Gasteiger partial charge in [0.25, 0.3) is 5.56 Å². The van der Waals surface area contributed by atoms with E-state index in [9.17, 15) is 4.79 Å². The SMILES string of the molecule is CC(Nc1nn2c(=O)ccnc2s1)c1cccc(Cl)c1Cl. The topological polar surface area (TPSA) is 59.3 Å². The van der Waals surface area contributed by atoms with Crippen LogP contribution < -0.4 is 10.9 Å². The number of benzene rings is 1. The van der Waals surface area contributed by atoms with E-state index in [0.29, 0.717) is 20.1 Å². The molecule has 0 aliphatic rings. The minimum absolute atomic E-state index is 0.104. The molecule has 1 N–H and O–H groups in total. The van der Waals surface area contributed by atoms with Gasteiger partial charge in [-0.2, -0.15) is 4.52 Å². The molecule has 21 heavy (non-hydrogen) atoms. The maximum atomic E-state index is 11.6. The van der Waals surface area contributed by atoms with Gasteiger partial charge >= 0.3 is 0 Å². The standard InChI is InChI=1S/C13H10Cl2N4OS/c1-7(8-3-2-4-9(14)11(8)15)17-12-18-19-10(20)5-6-16-13(19)21-12/h2-7H,1H3,(H,17,18). The van der Waals surface area contributed by atoms with E-state index in [-0.39, 0.29) is 11.6 Å². The van der Waals surface area contributed by atoms with Gasteiger partial charge < -0.3 is 5.32 Å². The first-order valence-electron chi connectivity index (χ1n) is 6.11. The Balaban J connectivity index is 1.93. The van der Waals surface area contributed by atoms with Crippen LogP contribution in [0.1, 0.15) is 18.5 Å². The molecule has 0 fully saturated rings. The van der Waals surface area contributed by atoms with Gasteiger partial charge in [0.1, 0.15) is 0 Å². The Morgan fingerprint density at radius 3 is 2.90 bits per heavy atom. The van der Waals surface area contributed by atoms with Crippen LogP contribution in [0.4, 0.5) is 5.13 Å². The van der Waals surface area contributed by atoms with Crippen molar-refractivity contribution in [3.05, 3.63) is 56.4 Å². The molecule has 0 saturated heterocycles. The molecule has 1 unspecified atom stereocenters. The lowest BCUT2D eigenvalue weighted by molar-refractivity contribution is 0.848. The van der Waals surface area contributed by atoms with E-state index in [1.54, 1.807) is 6.07 Å². The minimum Gasteiger partial charge on any atom is -0.354 e. The van der Waals surface area contributed by atoms with Crippen molar-refractivity contribution >= 4 is 44.6 Å². The van der Waals surface area contributed by atoms with Gasteiger partial charge in [0.05, 0.1) is 16.1 Å². The molecule has 8 heteroatoms. The van der Waals surface area contributed by atoms with Crippen LogP contribution in [-0.2, 0) is 0 Å². The predicted octanol–water partition coefficient (Wildman–Crippen LogP) is 3.63. The van der Waals surface area contributed by atoms with Gasteiger partial charge in [-0.25, -0.2) is 4.98 Å². The zero-order valence-electron chi connectivity index (χ0n) is 10.9. The molecule has 0 aliphatic carbocycles. The van der Waals surface area contributed by atoms with E-state index in [4.69, 9.17) is 23.2 Å². The summed E-state index contributed by atoms with van der Waals surface area (Å²) in [5.74, 6) is 0. The molecule has 5 nitrogen and oxygen atoms in total. The first-order valence-corrected chi connectivity index (χ1v) is 7.69. The Hall–Kier alpha value is -1.63. The van der Waals surface area contributed by atoms with Crippen LogP contribution in [0.15, 0.2) is 35.3 Å². The molecule has 0 amide bonds. The number of fused-ring (bicyclic) bond motifs is 1. The summed E-state index contributed by atoms with van der Waals surface area (Å²) in [7, 11) is 0. The summed E-state index contributed by atoms with van der Waals surface area (Å²) in [6.07, 6.45) is 1.47. The summed E-state index contributed by atoms with van der Waals surface area (Å²) in [6, 6.07) is 6.73. The number of anilines is 1. The third-order valence-electron chi connectivity index (χ3n) is 2.96. The minimum atomic E-state index is -0.210. The fourth-order valence-electron chi connectivity index (χ4n) is 1.92. The normalized spacial score (nSPS) is 12.5. The summed E-state index contributed by atoms with van der Waals surface area (Å²) in [5.41, 5.74) is 0.654. The second-order valence-corrected chi connectivity index (χ2v) is 6.13. The number of nitrogens with one attached hydrogen (secondary N) is 1. The van der Waals surface area contributed by atoms with Gasteiger partial charge in [-0.15, -0.1) is 5.10 Å². The zero-order valence-corrected chi connectivity index (χ0v) is 13.2. The van der Waals surface area contributed by atoms with Crippen molar-refractivity contribution in [2.24, 2.45) is 0 Å². The molecule has 3 aromatic rings. The average molecular weight is 341 g/mol. The average Bonchev–Trinajstić information content (AvgIpc) is 2.85. The van der Waals surface area contributed by atoms with Gasteiger partial charge in [0, 0.05) is 12.3 Å². The number of hydrogen-bond donors (Lipinski definition) is 1. The molecule has 108 valence electrons. The fourth-order valence-corrected chi connectivity index (χ4v) is 3.25. The quantitative estimate of drug-likeness (QED) is 0.790. The second kappa shape index (κ2) is 5.63. The van der Waals surface area contributed by atoms with Crippen molar-refractivity contribution in [2.45, 2.75) is 13.0 Å². The molecule has 0 spiro atoms. The van der Waals surface area contributed by atoms with Crippen LogP contribution in [-0.4, -0.2) is 14.6 Å². The summed E-state index contributed by atoms with van der Waals surface area (Å²) >= 11 is 13.5. The molecule has 0 aliphatic heterocycles. The van der Waals surface area contributed by atoms with E-state index >= 15 is 0 Å². The van der Waals surface area contributed by atoms with Crippen molar-refractivity contribution in [3.63, 3.8) is 0 Å². The smallest absolute Gasteiger partial charge is 0.275 e. The van der Waals surface area contributed by atoms with Crippen molar-refractivity contribution in [1.29, 1.82) is 0 Å².